The standard InChI is InChI=1S/C7H13O5PS/c1-6(5-7(8)9-2)12-13(14,10-3)11-4/h5H,1-4H3. The molecule has 0 aliphatic rings. The second-order valence-corrected chi connectivity index (χ2v) is 5.33. The number of ether oxygens (including phenoxy) is 1. The fraction of sp³-hybridized carbons (Fsp3) is 0.571. The van der Waals surface area contributed by atoms with E-state index in [0.29, 0.717) is 5.76 Å². The van der Waals surface area contributed by atoms with Crippen molar-refractivity contribution in [2.75, 3.05) is 21.3 Å². The molecule has 0 amide bonds. The van der Waals surface area contributed by atoms with Crippen LogP contribution in [0.15, 0.2) is 11.8 Å². The Morgan fingerprint density at radius 1 is 1.29 bits per heavy atom. The minimum absolute atomic E-state index is 0.295. The molecule has 0 aromatic rings. The fourth-order valence-electron chi connectivity index (χ4n) is 0.577. The smallest absolute Gasteiger partial charge is 0.379 e. The maximum atomic E-state index is 10.8. The predicted molar refractivity (Wildman–Crippen MR) is 55.2 cm³/mol. The molecule has 0 aliphatic heterocycles. The zero-order valence-corrected chi connectivity index (χ0v) is 10.2. The van der Waals surface area contributed by atoms with E-state index in [1.165, 1.54) is 27.4 Å². The lowest BCUT2D eigenvalue weighted by Crippen LogP contribution is -1.99. The molecule has 82 valence electrons. The second-order valence-electron chi connectivity index (χ2n) is 2.18. The molecule has 0 spiro atoms. The average molecular weight is 240 g/mol. The van der Waals surface area contributed by atoms with Crippen LogP contribution in [0.25, 0.3) is 0 Å². The van der Waals surface area contributed by atoms with Gasteiger partial charge in [0.05, 0.1) is 13.2 Å². The first-order valence-corrected chi connectivity index (χ1v) is 6.20. The molecule has 5 nitrogen and oxygen atoms in total. The van der Waals surface area contributed by atoms with Gasteiger partial charge in [-0.15, -0.1) is 0 Å². The summed E-state index contributed by atoms with van der Waals surface area (Å²) in [5.74, 6) is -0.222. The number of carbonyl (C=O) groups is 1. The van der Waals surface area contributed by atoms with Crippen LogP contribution in [-0.2, 0) is 34.9 Å². The Morgan fingerprint density at radius 2 is 1.79 bits per heavy atom. The molecule has 0 atom stereocenters. The molecule has 0 aromatic carbocycles. The highest BCUT2D eigenvalue weighted by molar-refractivity contribution is 8.07. The molecule has 0 saturated heterocycles. The second kappa shape index (κ2) is 6.14. The van der Waals surface area contributed by atoms with Gasteiger partial charge in [0.1, 0.15) is 5.76 Å². The highest BCUT2D eigenvalue weighted by atomic mass is 32.5. The maximum absolute atomic E-state index is 10.8. The van der Waals surface area contributed by atoms with E-state index < -0.39 is 12.7 Å². The van der Waals surface area contributed by atoms with Crippen LogP contribution >= 0.6 is 6.72 Å². The summed E-state index contributed by atoms with van der Waals surface area (Å²) in [5.41, 5.74) is 0. The van der Waals surface area contributed by atoms with Gasteiger partial charge in [-0.2, -0.15) is 0 Å². The Hall–Kier alpha value is -0.420. The van der Waals surface area contributed by atoms with E-state index in [2.05, 4.69) is 4.74 Å². The Kier molecular flexibility index (Phi) is 5.95. The molecule has 0 fully saturated rings. The van der Waals surface area contributed by atoms with Crippen molar-refractivity contribution in [1.82, 2.24) is 0 Å². The Morgan fingerprint density at radius 3 is 2.14 bits per heavy atom. The molecule has 14 heavy (non-hydrogen) atoms. The van der Waals surface area contributed by atoms with E-state index in [-0.39, 0.29) is 0 Å². The van der Waals surface area contributed by atoms with E-state index in [9.17, 15) is 4.79 Å². The Labute approximate surface area is 88.2 Å². The van der Waals surface area contributed by atoms with Crippen molar-refractivity contribution >= 4 is 24.5 Å². The molecule has 0 unspecified atom stereocenters. The van der Waals surface area contributed by atoms with E-state index >= 15 is 0 Å². The molecule has 0 aromatic heterocycles. The van der Waals surface area contributed by atoms with Gasteiger partial charge in [0, 0.05) is 26.0 Å². The Balaban J connectivity index is 4.44. The van der Waals surface area contributed by atoms with Crippen LogP contribution in [0.3, 0.4) is 0 Å². The van der Waals surface area contributed by atoms with Gasteiger partial charge < -0.3 is 18.3 Å². The minimum Gasteiger partial charge on any atom is -0.466 e. The van der Waals surface area contributed by atoms with Crippen molar-refractivity contribution in [3.63, 3.8) is 0 Å². The number of rotatable bonds is 5. The zero-order valence-electron chi connectivity index (χ0n) is 8.47. The summed E-state index contributed by atoms with van der Waals surface area (Å²) >= 11 is 4.92. The van der Waals surface area contributed by atoms with E-state index in [4.69, 9.17) is 25.4 Å². The largest absolute Gasteiger partial charge is 0.466 e. The minimum atomic E-state index is -2.75. The van der Waals surface area contributed by atoms with Crippen molar-refractivity contribution in [1.29, 1.82) is 0 Å². The summed E-state index contributed by atoms with van der Waals surface area (Å²) in [6.45, 7) is -1.18. The summed E-state index contributed by atoms with van der Waals surface area (Å²) in [5, 5.41) is 0. The van der Waals surface area contributed by atoms with Crippen molar-refractivity contribution in [3.05, 3.63) is 11.8 Å². The maximum Gasteiger partial charge on any atom is 0.379 e. The molecule has 0 radical (unpaired) electrons. The van der Waals surface area contributed by atoms with Crippen molar-refractivity contribution < 1.29 is 23.1 Å². The van der Waals surface area contributed by atoms with Crippen LogP contribution in [0.5, 0.6) is 0 Å². The third-order valence-electron chi connectivity index (χ3n) is 1.23. The summed E-state index contributed by atoms with van der Waals surface area (Å²) in [4.78, 5) is 10.8. The van der Waals surface area contributed by atoms with Crippen LogP contribution < -0.4 is 0 Å². The van der Waals surface area contributed by atoms with Crippen molar-refractivity contribution in [2.24, 2.45) is 0 Å². The van der Waals surface area contributed by atoms with Crippen LogP contribution in [0.4, 0.5) is 0 Å². The lowest BCUT2D eigenvalue weighted by Gasteiger charge is -2.18. The first-order chi connectivity index (χ1) is 6.47. The lowest BCUT2D eigenvalue weighted by molar-refractivity contribution is -0.135. The molecule has 0 aliphatic carbocycles. The molecule has 0 heterocycles. The summed E-state index contributed by atoms with van der Waals surface area (Å²) < 4.78 is 19.3. The van der Waals surface area contributed by atoms with Crippen LogP contribution in [0, 0.1) is 0 Å². The number of allylic oxidation sites excluding steroid dienone is 1. The summed E-state index contributed by atoms with van der Waals surface area (Å²) in [6, 6.07) is 0. The molecular weight excluding hydrogens is 227 g/mol. The first kappa shape index (κ1) is 13.6. The lowest BCUT2D eigenvalue weighted by atomic mass is 10.5. The fourth-order valence-corrected chi connectivity index (χ4v) is 1.63. The summed E-state index contributed by atoms with van der Waals surface area (Å²) in [6.07, 6.45) is 1.17. The van der Waals surface area contributed by atoms with E-state index in [1.807, 2.05) is 0 Å². The quantitative estimate of drug-likeness (QED) is 0.315. The van der Waals surface area contributed by atoms with E-state index in [0.717, 1.165) is 0 Å². The van der Waals surface area contributed by atoms with Gasteiger partial charge in [-0.05, 0) is 6.92 Å². The summed E-state index contributed by atoms with van der Waals surface area (Å²) in [7, 11) is 4.04. The van der Waals surface area contributed by atoms with Gasteiger partial charge in [0.15, 0.2) is 0 Å². The van der Waals surface area contributed by atoms with Gasteiger partial charge >= 0.3 is 12.7 Å². The highest BCUT2D eigenvalue weighted by Gasteiger charge is 2.18. The third-order valence-corrected chi connectivity index (χ3v) is 3.75. The number of carbonyl (C=O) groups excluding carboxylic acids is 1. The van der Waals surface area contributed by atoms with Gasteiger partial charge in [-0.1, -0.05) is 0 Å². The van der Waals surface area contributed by atoms with E-state index in [1.54, 1.807) is 6.92 Å². The number of hydrogen-bond acceptors (Lipinski definition) is 6. The topological polar surface area (TPSA) is 54.0 Å². The van der Waals surface area contributed by atoms with Gasteiger partial charge in [-0.3, -0.25) is 0 Å². The molecule has 7 heteroatoms. The van der Waals surface area contributed by atoms with Gasteiger partial charge in [0.25, 0.3) is 0 Å². The predicted octanol–water partition coefficient (Wildman–Crippen LogP) is 1.60. The van der Waals surface area contributed by atoms with Gasteiger partial charge in [-0.25, -0.2) is 4.79 Å². The Bertz CT molecular complexity index is 267. The normalized spacial score (nSPS) is 12.4. The molecule has 0 saturated carbocycles. The SMILES string of the molecule is COC(=O)C=C(C)OP(=S)(OC)OC. The first-order valence-electron chi connectivity index (χ1n) is 3.64. The monoisotopic (exact) mass is 240 g/mol. The average Bonchev–Trinajstić information content (AvgIpc) is 2.17. The molecule has 0 bridgehead atoms. The third kappa shape index (κ3) is 4.72. The van der Waals surface area contributed by atoms with Crippen LogP contribution in [0.1, 0.15) is 6.92 Å². The molecule has 0 N–H and O–H groups in total. The van der Waals surface area contributed by atoms with Crippen LogP contribution in [0.2, 0.25) is 0 Å². The van der Waals surface area contributed by atoms with Crippen LogP contribution in [-0.4, -0.2) is 27.3 Å². The molecular formula is C7H13O5PS. The van der Waals surface area contributed by atoms with Crippen molar-refractivity contribution in [2.45, 2.75) is 6.92 Å². The zero-order chi connectivity index (χ0) is 11.2. The van der Waals surface area contributed by atoms with Crippen molar-refractivity contribution in [3.8, 4) is 0 Å². The number of hydrogen-bond donors (Lipinski definition) is 0. The number of methoxy groups -OCH3 is 1. The van der Waals surface area contributed by atoms with Gasteiger partial charge in [0.2, 0.25) is 0 Å². The highest BCUT2D eigenvalue weighted by Crippen LogP contribution is 2.49. The molecule has 0 rings (SSSR count). The number of esters is 1.